The summed E-state index contributed by atoms with van der Waals surface area (Å²) in [5, 5.41) is 6.06. The molecule has 8 heteroatoms. The van der Waals surface area contributed by atoms with Crippen LogP contribution < -0.4 is 15.4 Å². The summed E-state index contributed by atoms with van der Waals surface area (Å²) in [7, 11) is 1.55. The van der Waals surface area contributed by atoms with E-state index in [9.17, 15) is 9.59 Å². The average molecular weight is 489 g/mol. The number of ether oxygens (including phenoxy) is 1. The molecular weight excluding hydrogens is 467 g/mol. The molecule has 3 aromatic rings. The summed E-state index contributed by atoms with van der Waals surface area (Å²) in [5.41, 5.74) is 1.60. The minimum atomic E-state index is -0.352. The summed E-state index contributed by atoms with van der Waals surface area (Å²) >= 11 is 13.6. The van der Waals surface area contributed by atoms with Crippen LogP contribution in [0.2, 0.25) is 10.0 Å². The lowest BCUT2D eigenvalue weighted by molar-refractivity contribution is -0.115. The molecule has 2 amide bonds. The summed E-state index contributed by atoms with van der Waals surface area (Å²) in [6, 6.07) is 19.4. The molecule has 32 heavy (non-hydrogen) atoms. The van der Waals surface area contributed by atoms with Crippen LogP contribution in [-0.4, -0.2) is 24.2 Å². The van der Waals surface area contributed by atoms with Crippen LogP contribution in [0.5, 0.6) is 5.75 Å². The Morgan fingerprint density at radius 2 is 1.75 bits per heavy atom. The minimum absolute atomic E-state index is 0.174. The maximum Gasteiger partial charge on any atom is 0.255 e. The van der Waals surface area contributed by atoms with Crippen molar-refractivity contribution in [2.24, 2.45) is 0 Å². The molecule has 0 bridgehead atoms. The zero-order valence-electron chi connectivity index (χ0n) is 17.5. The highest BCUT2D eigenvalue weighted by Crippen LogP contribution is 2.32. The van der Waals surface area contributed by atoms with Crippen molar-refractivity contribution in [3.63, 3.8) is 0 Å². The first-order valence-electron chi connectivity index (χ1n) is 9.88. The van der Waals surface area contributed by atoms with Gasteiger partial charge in [0.1, 0.15) is 5.75 Å². The molecule has 166 valence electrons. The van der Waals surface area contributed by atoms with Crippen LogP contribution in [0.4, 0.5) is 11.4 Å². The van der Waals surface area contributed by atoms with Gasteiger partial charge in [-0.25, -0.2) is 0 Å². The average Bonchev–Trinajstić information content (AvgIpc) is 2.80. The van der Waals surface area contributed by atoms with Gasteiger partial charge < -0.3 is 15.4 Å². The lowest BCUT2D eigenvalue weighted by atomic mass is 10.2. The van der Waals surface area contributed by atoms with Crippen molar-refractivity contribution in [1.82, 2.24) is 0 Å². The predicted octanol–water partition coefficient (Wildman–Crippen LogP) is 6.76. The highest BCUT2D eigenvalue weighted by Gasteiger charge is 2.20. The molecule has 0 aliphatic heterocycles. The Kier molecular flexibility index (Phi) is 8.45. The number of nitrogens with one attached hydrogen (secondary N) is 2. The van der Waals surface area contributed by atoms with Crippen LogP contribution in [-0.2, 0) is 4.79 Å². The predicted molar refractivity (Wildman–Crippen MR) is 132 cm³/mol. The first-order chi connectivity index (χ1) is 15.4. The first kappa shape index (κ1) is 24.0. The third kappa shape index (κ3) is 6.19. The molecule has 3 rings (SSSR count). The van der Waals surface area contributed by atoms with Gasteiger partial charge in [0.25, 0.3) is 5.91 Å². The molecular formula is C24H22Cl2N2O3S. The van der Waals surface area contributed by atoms with Gasteiger partial charge in [-0.3, -0.25) is 9.59 Å². The molecule has 0 radical (unpaired) electrons. The van der Waals surface area contributed by atoms with E-state index in [0.29, 0.717) is 39.2 Å². The van der Waals surface area contributed by atoms with E-state index in [2.05, 4.69) is 10.6 Å². The van der Waals surface area contributed by atoms with E-state index in [0.717, 1.165) is 4.90 Å². The zero-order valence-corrected chi connectivity index (χ0v) is 19.9. The normalized spacial score (nSPS) is 11.5. The lowest BCUT2D eigenvalue weighted by Crippen LogP contribution is -2.24. The second kappa shape index (κ2) is 11.3. The summed E-state index contributed by atoms with van der Waals surface area (Å²) in [6.07, 6.45) is 0.606. The van der Waals surface area contributed by atoms with Crippen molar-refractivity contribution in [2.75, 3.05) is 17.7 Å². The van der Waals surface area contributed by atoms with Gasteiger partial charge >= 0.3 is 0 Å². The number of halogens is 2. The Balaban J connectivity index is 1.68. The summed E-state index contributed by atoms with van der Waals surface area (Å²) in [5.74, 6) is 0.192. The molecule has 5 nitrogen and oxygen atoms in total. The van der Waals surface area contributed by atoms with Gasteiger partial charge in [-0.15, -0.1) is 11.8 Å². The van der Waals surface area contributed by atoms with Crippen molar-refractivity contribution >= 4 is 58.2 Å². The Morgan fingerprint density at radius 3 is 2.50 bits per heavy atom. The van der Waals surface area contributed by atoms with Gasteiger partial charge in [-0.1, -0.05) is 48.3 Å². The molecule has 1 unspecified atom stereocenters. The van der Waals surface area contributed by atoms with Gasteiger partial charge in [0.15, 0.2) is 0 Å². The van der Waals surface area contributed by atoms with Gasteiger partial charge in [0, 0.05) is 16.1 Å². The van der Waals surface area contributed by atoms with Crippen molar-refractivity contribution in [1.29, 1.82) is 0 Å². The van der Waals surface area contributed by atoms with Crippen LogP contribution in [0.3, 0.4) is 0 Å². The first-order valence-corrected chi connectivity index (χ1v) is 11.5. The summed E-state index contributed by atoms with van der Waals surface area (Å²) in [6.45, 7) is 1.94. The molecule has 0 saturated heterocycles. The molecule has 2 N–H and O–H groups in total. The Morgan fingerprint density at radius 1 is 1.00 bits per heavy atom. The third-order valence-corrected chi connectivity index (χ3v) is 6.75. The van der Waals surface area contributed by atoms with Crippen LogP contribution in [0, 0.1) is 0 Å². The molecule has 0 heterocycles. The molecule has 0 spiro atoms. The van der Waals surface area contributed by atoms with E-state index in [-0.39, 0.29) is 17.1 Å². The van der Waals surface area contributed by atoms with E-state index in [1.807, 2.05) is 25.1 Å². The maximum atomic E-state index is 12.8. The van der Waals surface area contributed by atoms with Gasteiger partial charge in [0.05, 0.1) is 28.1 Å². The minimum Gasteiger partial charge on any atom is -0.497 e. The molecule has 0 aliphatic rings. The topological polar surface area (TPSA) is 67.4 Å². The number of rotatable bonds is 8. The quantitative estimate of drug-likeness (QED) is 0.343. The third-order valence-electron chi connectivity index (χ3n) is 4.57. The molecule has 3 aromatic carbocycles. The number of amides is 2. The maximum absolute atomic E-state index is 12.8. The Hall–Kier alpha value is -2.67. The van der Waals surface area contributed by atoms with Gasteiger partial charge in [0.2, 0.25) is 5.91 Å². The van der Waals surface area contributed by atoms with Crippen LogP contribution >= 0.6 is 35.0 Å². The van der Waals surface area contributed by atoms with Crippen molar-refractivity contribution < 1.29 is 14.3 Å². The highest BCUT2D eigenvalue weighted by molar-refractivity contribution is 8.00. The monoisotopic (exact) mass is 488 g/mol. The number of carbonyl (C=O) groups excluding carboxylic acids is 2. The van der Waals surface area contributed by atoms with E-state index in [4.69, 9.17) is 27.9 Å². The van der Waals surface area contributed by atoms with Crippen molar-refractivity contribution in [3.8, 4) is 5.75 Å². The van der Waals surface area contributed by atoms with Crippen LogP contribution in [0.15, 0.2) is 71.6 Å². The smallest absolute Gasteiger partial charge is 0.255 e. The summed E-state index contributed by atoms with van der Waals surface area (Å²) in [4.78, 5) is 26.2. The van der Waals surface area contributed by atoms with E-state index in [1.165, 1.54) is 11.8 Å². The Labute approximate surface area is 201 Å². The number of hydrogen-bond donors (Lipinski definition) is 2. The van der Waals surface area contributed by atoms with Crippen molar-refractivity contribution in [2.45, 2.75) is 23.5 Å². The molecule has 1 atom stereocenters. The Bertz CT molecular complexity index is 1120. The number of hydrogen-bond acceptors (Lipinski definition) is 4. The fraction of sp³-hybridized carbons (Fsp3) is 0.167. The lowest BCUT2D eigenvalue weighted by Gasteiger charge is -2.16. The number of thioether (sulfide) groups is 1. The highest BCUT2D eigenvalue weighted by atomic mass is 35.5. The van der Waals surface area contributed by atoms with Gasteiger partial charge in [-0.2, -0.15) is 0 Å². The molecule has 0 aliphatic carbocycles. The fourth-order valence-electron chi connectivity index (χ4n) is 2.91. The standard InChI is InChI=1S/C24H22Cl2N2O3S/c1-3-21(24(30)28-20-12-6-11-19(25)22(20)26)32-18-10-5-8-16(14-18)27-23(29)15-7-4-9-17(13-15)31-2/h4-14,21H,3H2,1-2H3,(H,27,29)(H,28,30). The van der Waals surface area contributed by atoms with E-state index in [1.54, 1.807) is 55.6 Å². The summed E-state index contributed by atoms with van der Waals surface area (Å²) < 4.78 is 5.17. The second-order valence-electron chi connectivity index (χ2n) is 6.82. The van der Waals surface area contributed by atoms with Gasteiger partial charge in [-0.05, 0) is 55.0 Å². The van der Waals surface area contributed by atoms with Crippen molar-refractivity contribution in [3.05, 3.63) is 82.3 Å². The zero-order chi connectivity index (χ0) is 23.1. The molecule has 0 saturated carbocycles. The number of anilines is 2. The number of carbonyl (C=O) groups is 2. The van der Waals surface area contributed by atoms with E-state index >= 15 is 0 Å². The fourth-order valence-corrected chi connectivity index (χ4v) is 4.28. The largest absolute Gasteiger partial charge is 0.497 e. The van der Waals surface area contributed by atoms with E-state index < -0.39 is 0 Å². The second-order valence-corrected chi connectivity index (χ2v) is 8.88. The SMILES string of the molecule is CCC(Sc1cccc(NC(=O)c2cccc(OC)c2)c1)C(=O)Nc1cccc(Cl)c1Cl. The molecule has 0 fully saturated rings. The number of benzene rings is 3. The number of methoxy groups -OCH3 is 1. The molecule has 0 aromatic heterocycles. The van der Waals surface area contributed by atoms with Crippen LogP contribution in [0.25, 0.3) is 0 Å². The van der Waals surface area contributed by atoms with Crippen LogP contribution in [0.1, 0.15) is 23.7 Å².